The monoisotopic (exact) mass is 321 g/mol. The SMILES string of the molecule is Cc1cc(Nc2cc(Cl)cc(C(F)(F)F)c2)nc(Cl)n1. The van der Waals surface area contributed by atoms with Gasteiger partial charge >= 0.3 is 6.18 Å². The van der Waals surface area contributed by atoms with Crippen LogP contribution in [-0.4, -0.2) is 9.97 Å². The van der Waals surface area contributed by atoms with Gasteiger partial charge in [0.25, 0.3) is 0 Å². The average Bonchev–Trinajstić information content (AvgIpc) is 2.25. The highest BCUT2D eigenvalue weighted by Crippen LogP contribution is 2.34. The molecule has 0 radical (unpaired) electrons. The summed E-state index contributed by atoms with van der Waals surface area (Å²) in [5.74, 6) is 0.290. The Balaban J connectivity index is 2.36. The van der Waals surface area contributed by atoms with Crippen LogP contribution in [0.1, 0.15) is 11.3 Å². The lowest BCUT2D eigenvalue weighted by Gasteiger charge is -2.11. The molecule has 2 aromatic rings. The summed E-state index contributed by atoms with van der Waals surface area (Å²) in [7, 11) is 0. The lowest BCUT2D eigenvalue weighted by atomic mass is 10.2. The summed E-state index contributed by atoms with van der Waals surface area (Å²) < 4.78 is 38.0. The minimum absolute atomic E-state index is 0.00516. The van der Waals surface area contributed by atoms with E-state index >= 15 is 0 Å². The van der Waals surface area contributed by atoms with Gasteiger partial charge in [0, 0.05) is 22.5 Å². The molecule has 1 aromatic carbocycles. The van der Waals surface area contributed by atoms with Crippen LogP contribution in [0.2, 0.25) is 10.3 Å². The van der Waals surface area contributed by atoms with Gasteiger partial charge in [0.2, 0.25) is 5.28 Å². The van der Waals surface area contributed by atoms with E-state index in [1.54, 1.807) is 13.0 Å². The molecule has 0 fully saturated rings. The maximum Gasteiger partial charge on any atom is 0.416 e. The fourth-order valence-electron chi connectivity index (χ4n) is 1.57. The van der Waals surface area contributed by atoms with Crippen LogP contribution in [0, 0.1) is 6.92 Å². The Bertz CT molecular complexity index is 624. The molecular weight excluding hydrogens is 314 g/mol. The van der Waals surface area contributed by atoms with E-state index in [1.807, 2.05) is 0 Å². The summed E-state index contributed by atoms with van der Waals surface area (Å²) in [6, 6.07) is 4.71. The van der Waals surface area contributed by atoms with Crippen LogP contribution in [0.5, 0.6) is 0 Å². The molecule has 1 aromatic heterocycles. The Morgan fingerprint density at radius 3 is 2.35 bits per heavy atom. The second kappa shape index (κ2) is 5.46. The maximum atomic E-state index is 12.7. The Kier molecular flexibility index (Phi) is 4.06. The number of alkyl halides is 3. The van der Waals surface area contributed by atoms with Gasteiger partial charge in [0.05, 0.1) is 5.56 Å². The lowest BCUT2D eigenvalue weighted by molar-refractivity contribution is -0.137. The molecule has 0 aliphatic rings. The van der Waals surface area contributed by atoms with Gasteiger partial charge in [0.15, 0.2) is 0 Å². The van der Waals surface area contributed by atoms with E-state index < -0.39 is 11.7 Å². The number of aryl methyl sites for hydroxylation is 1. The molecule has 0 saturated heterocycles. The highest BCUT2D eigenvalue weighted by Gasteiger charge is 2.31. The number of hydrogen-bond donors (Lipinski definition) is 1. The number of aromatic nitrogens is 2. The van der Waals surface area contributed by atoms with Gasteiger partial charge in [-0.2, -0.15) is 13.2 Å². The van der Waals surface area contributed by atoms with Gasteiger partial charge in [-0.3, -0.25) is 0 Å². The summed E-state index contributed by atoms with van der Waals surface area (Å²) in [4.78, 5) is 7.73. The smallest absolute Gasteiger partial charge is 0.340 e. The molecule has 0 amide bonds. The Labute approximate surface area is 122 Å². The van der Waals surface area contributed by atoms with Crippen molar-refractivity contribution in [1.29, 1.82) is 0 Å². The van der Waals surface area contributed by atoms with Crippen LogP contribution >= 0.6 is 23.2 Å². The van der Waals surface area contributed by atoms with Crippen molar-refractivity contribution >= 4 is 34.7 Å². The van der Waals surface area contributed by atoms with E-state index in [0.717, 1.165) is 12.1 Å². The first kappa shape index (κ1) is 14.9. The van der Waals surface area contributed by atoms with Crippen molar-refractivity contribution in [1.82, 2.24) is 9.97 Å². The molecular formula is C12H8Cl2F3N3. The van der Waals surface area contributed by atoms with Crippen molar-refractivity contribution < 1.29 is 13.2 Å². The van der Waals surface area contributed by atoms with Gasteiger partial charge in [-0.1, -0.05) is 11.6 Å². The van der Waals surface area contributed by atoms with Crippen LogP contribution < -0.4 is 5.32 Å². The first-order valence-corrected chi connectivity index (χ1v) is 6.15. The van der Waals surface area contributed by atoms with Gasteiger partial charge < -0.3 is 5.32 Å². The van der Waals surface area contributed by atoms with E-state index in [-0.39, 0.29) is 21.8 Å². The highest BCUT2D eigenvalue weighted by molar-refractivity contribution is 6.31. The molecule has 1 N–H and O–H groups in total. The second-order valence-electron chi connectivity index (χ2n) is 4.01. The van der Waals surface area contributed by atoms with Crippen LogP contribution in [0.25, 0.3) is 0 Å². The highest BCUT2D eigenvalue weighted by atomic mass is 35.5. The molecule has 0 saturated carbocycles. The molecule has 2 rings (SSSR count). The average molecular weight is 322 g/mol. The predicted molar refractivity (Wildman–Crippen MR) is 71.5 cm³/mol. The normalized spacial score (nSPS) is 11.5. The summed E-state index contributed by atoms with van der Waals surface area (Å²) in [6.07, 6.45) is -4.47. The van der Waals surface area contributed by atoms with Crippen molar-refractivity contribution in [3.63, 3.8) is 0 Å². The van der Waals surface area contributed by atoms with E-state index in [4.69, 9.17) is 23.2 Å². The fourth-order valence-corrected chi connectivity index (χ4v) is 2.03. The zero-order valence-corrected chi connectivity index (χ0v) is 11.6. The Hall–Kier alpha value is -1.53. The van der Waals surface area contributed by atoms with E-state index in [0.29, 0.717) is 5.69 Å². The maximum absolute atomic E-state index is 12.7. The molecule has 8 heteroatoms. The summed E-state index contributed by atoms with van der Waals surface area (Å²) in [6.45, 7) is 1.69. The van der Waals surface area contributed by atoms with Crippen LogP contribution in [-0.2, 0) is 6.18 Å². The molecule has 0 spiro atoms. The van der Waals surface area contributed by atoms with Gasteiger partial charge in [-0.05, 0) is 36.7 Å². The van der Waals surface area contributed by atoms with Crippen LogP contribution in [0.3, 0.4) is 0 Å². The Morgan fingerprint density at radius 1 is 1.05 bits per heavy atom. The summed E-state index contributed by atoms with van der Waals surface area (Å²) in [5.41, 5.74) is -0.0889. The predicted octanol–water partition coefficient (Wildman–Crippen LogP) is 4.85. The summed E-state index contributed by atoms with van der Waals surface area (Å²) in [5, 5.41) is 2.70. The number of rotatable bonds is 2. The van der Waals surface area contributed by atoms with Crippen LogP contribution in [0.4, 0.5) is 24.7 Å². The molecule has 20 heavy (non-hydrogen) atoms. The molecule has 1 heterocycles. The molecule has 0 aliphatic carbocycles. The number of hydrogen-bond acceptors (Lipinski definition) is 3. The number of halogens is 5. The number of benzene rings is 1. The molecule has 0 unspecified atom stereocenters. The first-order chi connectivity index (χ1) is 9.24. The quantitative estimate of drug-likeness (QED) is 0.803. The fraction of sp³-hybridized carbons (Fsp3) is 0.167. The third-order valence-corrected chi connectivity index (χ3v) is 2.71. The van der Waals surface area contributed by atoms with Crippen molar-refractivity contribution in [3.8, 4) is 0 Å². The zero-order valence-electron chi connectivity index (χ0n) is 10.1. The minimum Gasteiger partial charge on any atom is -0.340 e. The third kappa shape index (κ3) is 3.74. The first-order valence-electron chi connectivity index (χ1n) is 5.40. The largest absolute Gasteiger partial charge is 0.416 e. The topological polar surface area (TPSA) is 37.8 Å². The van der Waals surface area contributed by atoms with E-state index in [1.165, 1.54) is 6.07 Å². The van der Waals surface area contributed by atoms with Crippen molar-refractivity contribution in [3.05, 3.63) is 45.8 Å². The van der Waals surface area contributed by atoms with Gasteiger partial charge in [0.1, 0.15) is 5.82 Å². The Morgan fingerprint density at radius 2 is 1.75 bits per heavy atom. The van der Waals surface area contributed by atoms with Crippen LogP contribution in [0.15, 0.2) is 24.3 Å². The zero-order chi connectivity index (χ0) is 14.9. The molecule has 0 aliphatic heterocycles. The minimum atomic E-state index is -4.47. The van der Waals surface area contributed by atoms with Gasteiger partial charge in [-0.15, -0.1) is 0 Å². The molecule has 0 bridgehead atoms. The lowest BCUT2D eigenvalue weighted by Crippen LogP contribution is -2.06. The third-order valence-electron chi connectivity index (χ3n) is 2.32. The van der Waals surface area contributed by atoms with Gasteiger partial charge in [-0.25, -0.2) is 9.97 Å². The number of nitrogens with one attached hydrogen (secondary N) is 1. The second-order valence-corrected chi connectivity index (χ2v) is 4.79. The van der Waals surface area contributed by atoms with Crippen molar-refractivity contribution in [2.45, 2.75) is 13.1 Å². The number of anilines is 2. The molecule has 0 atom stereocenters. The van der Waals surface area contributed by atoms with Crippen molar-refractivity contribution in [2.24, 2.45) is 0 Å². The standard InChI is InChI=1S/C12H8Cl2F3N3/c1-6-2-10(20-11(14)18-6)19-9-4-7(12(15,16)17)3-8(13)5-9/h2-5H,1H3,(H,18,19,20). The van der Waals surface area contributed by atoms with Crippen molar-refractivity contribution in [2.75, 3.05) is 5.32 Å². The van der Waals surface area contributed by atoms with E-state index in [9.17, 15) is 13.2 Å². The molecule has 3 nitrogen and oxygen atoms in total. The number of nitrogens with zero attached hydrogens (tertiary/aromatic N) is 2. The molecule has 106 valence electrons. The van der Waals surface area contributed by atoms with E-state index in [2.05, 4.69) is 15.3 Å². The summed E-state index contributed by atoms with van der Waals surface area (Å²) >= 11 is 11.4.